The Balaban J connectivity index is 4.49. The number of sulfone groups is 1. The van der Waals surface area contributed by atoms with E-state index in [9.17, 15) is 8.42 Å². The molecule has 0 saturated heterocycles. The summed E-state index contributed by atoms with van der Waals surface area (Å²) < 4.78 is 27.3. The highest BCUT2D eigenvalue weighted by Crippen LogP contribution is 2.14. The average Bonchev–Trinajstić information content (AvgIpc) is 2.30. The number of hydrogen-bond donors (Lipinski definition) is 2. The molecule has 2 N–H and O–H groups in total. The Labute approximate surface area is 116 Å². The van der Waals surface area contributed by atoms with E-state index >= 15 is 0 Å². The highest BCUT2D eigenvalue weighted by atomic mass is 32.2. The first-order valence-corrected chi connectivity index (χ1v) is 8.34. The van der Waals surface area contributed by atoms with Crippen LogP contribution in [0.4, 0.5) is 0 Å². The van der Waals surface area contributed by atoms with Crippen molar-refractivity contribution >= 4 is 15.8 Å². The molecule has 0 fully saturated rings. The first-order valence-electron chi connectivity index (χ1n) is 6.45. The van der Waals surface area contributed by atoms with Crippen LogP contribution in [0, 0.1) is 0 Å². The fraction of sp³-hybridized carbons (Fsp3) is 0.917. The van der Waals surface area contributed by atoms with Gasteiger partial charge >= 0.3 is 0 Å². The molecular formula is C12H27N3O3S. The molecule has 0 aliphatic rings. The predicted molar refractivity (Wildman–Crippen MR) is 79.4 cm³/mol. The largest absolute Gasteiger partial charge is 0.385 e. The average molecular weight is 293 g/mol. The van der Waals surface area contributed by atoms with E-state index in [0.717, 1.165) is 19.5 Å². The monoisotopic (exact) mass is 293 g/mol. The molecule has 0 saturated carbocycles. The van der Waals surface area contributed by atoms with Gasteiger partial charge in [-0.3, -0.25) is 4.99 Å². The molecule has 0 bridgehead atoms. The third-order valence-corrected chi connectivity index (χ3v) is 4.92. The molecule has 0 rings (SSSR count). The maximum atomic E-state index is 11.6. The van der Waals surface area contributed by atoms with Crippen LogP contribution < -0.4 is 10.6 Å². The molecule has 0 unspecified atom stereocenters. The normalized spacial score (nSPS) is 13.4. The molecule has 6 nitrogen and oxygen atoms in total. The summed E-state index contributed by atoms with van der Waals surface area (Å²) in [7, 11) is -1.46. The van der Waals surface area contributed by atoms with E-state index in [1.165, 1.54) is 6.26 Å². The molecule has 0 heterocycles. The van der Waals surface area contributed by atoms with Gasteiger partial charge in [-0.15, -0.1) is 0 Å². The van der Waals surface area contributed by atoms with Crippen molar-refractivity contribution in [1.82, 2.24) is 10.6 Å². The lowest BCUT2D eigenvalue weighted by Gasteiger charge is -2.21. The molecule has 0 aliphatic carbocycles. The lowest BCUT2D eigenvalue weighted by atomic mass is 10.2. The Morgan fingerprint density at radius 3 is 2.42 bits per heavy atom. The summed E-state index contributed by atoms with van der Waals surface area (Å²) in [5.41, 5.74) is 0. The van der Waals surface area contributed by atoms with Crippen LogP contribution in [-0.2, 0) is 14.6 Å². The summed E-state index contributed by atoms with van der Waals surface area (Å²) in [5.74, 6) is 0.635. The Kier molecular flexibility index (Phi) is 8.01. The zero-order valence-corrected chi connectivity index (χ0v) is 13.4. The van der Waals surface area contributed by atoms with E-state index in [1.54, 1.807) is 21.0 Å². The van der Waals surface area contributed by atoms with Crippen LogP contribution in [-0.4, -0.2) is 58.7 Å². The zero-order chi connectivity index (χ0) is 14.9. The molecule has 0 atom stereocenters. The SMILES string of the molecule is CCNC(=NCC(C)(C)S(C)(=O)=O)NCCCOC. The molecule has 0 aromatic rings. The number of ether oxygens (including phenoxy) is 1. The zero-order valence-electron chi connectivity index (χ0n) is 12.6. The topological polar surface area (TPSA) is 79.8 Å². The quantitative estimate of drug-likeness (QED) is 0.385. The van der Waals surface area contributed by atoms with Gasteiger partial charge in [-0.05, 0) is 27.2 Å². The van der Waals surface area contributed by atoms with Crippen LogP contribution >= 0.6 is 0 Å². The maximum Gasteiger partial charge on any atom is 0.191 e. The predicted octanol–water partition coefficient (Wildman–Crippen LogP) is 0.401. The number of aliphatic imine (C=N–C) groups is 1. The second kappa shape index (κ2) is 8.37. The minimum atomic E-state index is -3.12. The Hall–Kier alpha value is -0.820. The smallest absolute Gasteiger partial charge is 0.191 e. The maximum absolute atomic E-state index is 11.6. The molecule has 7 heteroatoms. The molecular weight excluding hydrogens is 266 g/mol. The van der Waals surface area contributed by atoms with Crippen molar-refractivity contribution in [2.75, 3.05) is 39.6 Å². The van der Waals surface area contributed by atoms with Crippen molar-refractivity contribution in [2.24, 2.45) is 4.99 Å². The number of nitrogens with one attached hydrogen (secondary N) is 2. The van der Waals surface area contributed by atoms with Gasteiger partial charge in [0.25, 0.3) is 0 Å². The van der Waals surface area contributed by atoms with Crippen LogP contribution in [0.25, 0.3) is 0 Å². The van der Waals surface area contributed by atoms with Crippen LogP contribution in [0.1, 0.15) is 27.2 Å². The number of guanidine groups is 1. The summed E-state index contributed by atoms with van der Waals surface area (Å²) in [4.78, 5) is 4.32. The summed E-state index contributed by atoms with van der Waals surface area (Å²) >= 11 is 0. The van der Waals surface area contributed by atoms with Crippen molar-refractivity contribution in [3.63, 3.8) is 0 Å². The summed E-state index contributed by atoms with van der Waals surface area (Å²) in [6.45, 7) is 7.70. The van der Waals surface area contributed by atoms with Gasteiger partial charge in [0.15, 0.2) is 15.8 Å². The first kappa shape index (κ1) is 18.2. The van der Waals surface area contributed by atoms with Crippen molar-refractivity contribution in [2.45, 2.75) is 31.9 Å². The second-order valence-electron chi connectivity index (χ2n) is 5.00. The standard InChI is InChI=1S/C12H27N3O3S/c1-6-13-11(14-8-7-9-18-4)15-10-12(2,3)19(5,16)17/h6-10H2,1-5H3,(H2,13,14,15). The van der Waals surface area contributed by atoms with Gasteiger partial charge in [0.1, 0.15) is 0 Å². The summed E-state index contributed by atoms with van der Waals surface area (Å²) in [6.07, 6.45) is 2.11. The first-order chi connectivity index (χ1) is 8.74. The number of hydrogen-bond acceptors (Lipinski definition) is 4. The fourth-order valence-electron chi connectivity index (χ4n) is 1.15. The van der Waals surface area contributed by atoms with Gasteiger partial charge in [0.2, 0.25) is 0 Å². The molecule has 0 spiro atoms. The van der Waals surface area contributed by atoms with E-state index in [-0.39, 0.29) is 6.54 Å². The fourth-order valence-corrected chi connectivity index (χ4v) is 1.45. The van der Waals surface area contributed by atoms with Gasteiger partial charge in [-0.25, -0.2) is 8.42 Å². The highest BCUT2D eigenvalue weighted by molar-refractivity contribution is 7.92. The molecule has 0 radical (unpaired) electrons. The van der Waals surface area contributed by atoms with E-state index in [0.29, 0.717) is 12.6 Å². The van der Waals surface area contributed by atoms with Crippen LogP contribution in [0.5, 0.6) is 0 Å². The number of rotatable bonds is 8. The van der Waals surface area contributed by atoms with Gasteiger partial charge in [-0.1, -0.05) is 0 Å². The molecule has 0 aliphatic heterocycles. The van der Waals surface area contributed by atoms with Crippen LogP contribution in [0.3, 0.4) is 0 Å². The Morgan fingerprint density at radius 2 is 1.95 bits per heavy atom. The molecule has 0 aromatic carbocycles. The van der Waals surface area contributed by atoms with Gasteiger partial charge in [0, 0.05) is 33.1 Å². The molecule has 114 valence electrons. The third kappa shape index (κ3) is 7.37. The summed E-state index contributed by atoms with van der Waals surface area (Å²) in [6, 6.07) is 0. The van der Waals surface area contributed by atoms with E-state index < -0.39 is 14.6 Å². The van der Waals surface area contributed by atoms with Crippen molar-refractivity contribution < 1.29 is 13.2 Å². The lowest BCUT2D eigenvalue weighted by Crippen LogP contribution is -2.41. The van der Waals surface area contributed by atoms with Gasteiger partial charge in [0.05, 0.1) is 11.3 Å². The van der Waals surface area contributed by atoms with Crippen molar-refractivity contribution in [1.29, 1.82) is 0 Å². The number of methoxy groups -OCH3 is 1. The van der Waals surface area contributed by atoms with Crippen molar-refractivity contribution in [3.05, 3.63) is 0 Å². The Bertz CT molecular complexity index is 378. The van der Waals surface area contributed by atoms with Gasteiger partial charge < -0.3 is 15.4 Å². The van der Waals surface area contributed by atoms with Crippen LogP contribution in [0.15, 0.2) is 4.99 Å². The van der Waals surface area contributed by atoms with Crippen LogP contribution in [0.2, 0.25) is 0 Å². The molecule has 0 amide bonds. The van der Waals surface area contributed by atoms with E-state index in [1.807, 2.05) is 6.92 Å². The third-order valence-electron chi connectivity index (χ3n) is 2.78. The van der Waals surface area contributed by atoms with E-state index in [4.69, 9.17) is 4.74 Å². The van der Waals surface area contributed by atoms with Crippen molar-refractivity contribution in [3.8, 4) is 0 Å². The molecule has 19 heavy (non-hydrogen) atoms. The van der Waals surface area contributed by atoms with Gasteiger partial charge in [-0.2, -0.15) is 0 Å². The number of nitrogens with zero attached hydrogens (tertiary/aromatic N) is 1. The minimum absolute atomic E-state index is 0.228. The highest BCUT2D eigenvalue weighted by Gasteiger charge is 2.29. The second-order valence-corrected chi connectivity index (χ2v) is 7.65. The Morgan fingerprint density at radius 1 is 1.32 bits per heavy atom. The minimum Gasteiger partial charge on any atom is -0.385 e. The molecule has 0 aromatic heterocycles. The lowest BCUT2D eigenvalue weighted by molar-refractivity contribution is 0.195. The van der Waals surface area contributed by atoms with E-state index in [2.05, 4.69) is 15.6 Å². The summed E-state index contributed by atoms with van der Waals surface area (Å²) in [5, 5.41) is 6.23.